The SMILES string of the molecule is CN=C(NCC1(CCOC)CCCC1)N(C)CCC1CCOCC1.I. The van der Waals surface area contributed by atoms with Crippen LogP contribution in [0.2, 0.25) is 0 Å². The normalized spacial score (nSPS) is 21.0. The van der Waals surface area contributed by atoms with E-state index in [1.54, 1.807) is 7.11 Å². The molecule has 6 heteroatoms. The highest BCUT2D eigenvalue weighted by Crippen LogP contribution is 2.40. The molecule has 1 heterocycles. The minimum absolute atomic E-state index is 0. The first-order valence-electron chi connectivity index (χ1n) is 9.67. The maximum atomic E-state index is 5.45. The summed E-state index contributed by atoms with van der Waals surface area (Å²) in [5, 5.41) is 3.64. The van der Waals surface area contributed by atoms with Gasteiger partial charge in [0.15, 0.2) is 5.96 Å². The van der Waals surface area contributed by atoms with Crippen LogP contribution in [0.1, 0.15) is 51.4 Å². The first kappa shape index (κ1) is 23.0. The molecule has 2 aliphatic rings. The third-order valence-electron chi connectivity index (χ3n) is 5.91. The van der Waals surface area contributed by atoms with Crippen LogP contribution in [0.25, 0.3) is 0 Å². The highest BCUT2D eigenvalue weighted by Gasteiger charge is 2.33. The molecule has 0 aromatic heterocycles. The molecule has 5 nitrogen and oxygen atoms in total. The van der Waals surface area contributed by atoms with Crippen LogP contribution in [-0.2, 0) is 9.47 Å². The lowest BCUT2D eigenvalue weighted by Gasteiger charge is -2.32. The van der Waals surface area contributed by atoms with Crippen molar-refractivity contribution >= 4 is 29.9 Å². The quantitative estimate of drug-likeness (QED) is 0.337. The van der Waals surface area contributed by atoms with Crippen LogP contribution in [0, 0.1) is 11.3 Å². The molecule has 0 unspecified atom stereocenters. The molecule has 0 aromatic carbocycles. The second-order valence-electron chi connectivity index (χ2n) is 7.62. The molecule has 1 aliphatic heterocycles. The van der Waals surface area contributed by atoms with Crippen LogP contribution in [0.15, 0.2) is 4.99 Å². The Bertz CT molecular complexity index is 381. The van der Waals surface area contributed by atoms with E-state index in [1.807, 2.05) is 7.05 Å². The topological polar surface area (TPSA) is 46.1 Å². The van der Waals surface area contributed by atoms with Gasteiger partial charge in [-0.15, -0.1) is 24.0 Å². The smallest absolute Gasteiger partial charge is 0.193 e. The molecule has 2 fully saturated rings. The number of hydrogen-bond acceptors (Lipinski definition) is 3. The fraction of sp³-hybridized carbons (Fsp3) is 0.947. The zero-order valence-corrected chi connectivity index (χ0v) is 18.7. The summed E-state index contributed by atoms with van der Waals surface area (Å²) in [5.41, 5.74) is 0.396. The fourth-order valence-corrected chi connectivity index (χ4v) is 4.13. The number of ether oxygens (including phenoxy) is 2. The molecule has 148 valence electrons. The number of nitrogens with one attached hydrogen (secondary N) is 1. The molecule has 25 heavy (non-hydrogen) atoms. The minimum Gasteiger partial charge on any atom is -0.385 e. The first-order chi connectivity index (χ1) is 11.7. The van der Waals surface area contributed by atoms with E-state index in [-0.39, 0.29) is 24.0 Å². The van der Waals surface area contributed by atoms with E-state index < -0.39 is 0 Å². The molecule has 1 N–H and O–H groups in total. The van der Waals surface area contributed by atoms with Crippen LogP contribution in [0.5, 0.6) is 0 Å². The summed E-state index contributed by atoms with van der Waals surface area (Å²) in [7, 11) is 5.86. The second kappa shape index (κ2) is 12.3. The van der Waals surface area contributed by atoms with Crippen molar-refractivity contribution in [2.24, 2.45) is 16.3 Å². The minimum atomic E-state index is 0. The Morgan fingerprint density at radius 1 is 1.28 bits per heavy atom. The Morgan fingerprint density at radius 3 is 2.56 bits per heavy atom. The van der Waals surface area contributed by atoms with Gasteiger partial charge in [-0.3, -0.25) is 4.99 Å². The van der Waals surface area contributed by atoms with Crippen molar-refractivity contribution in [1.82, 2.24) is 10.2 Å². The number of aliphatic imine (C=N–C) groups is 1. The molecule has 0 bridgehead atoms. The molecular formula is C19H38IN3O2. The Morgan fingerprint density at radius 2 is 1.96 bits per heavy atom. The highest BCUT2D eigenvalue weighted by molar-refractivity contribution is 14.0. The van der Waals surface area contributed by atoms with Gasteiger partial charge >= 0.3 is 0 Å². The lowest BCUT2D eigenvalue weighted by atomic mass is 9.83. The van der Waals surface area contributed by atoms with Gasteiger partial charge in [0.2, 0.25) is 0 Å². The summed E-state index contributed by atoms with van der Waals surface area (Å²) >= 11 is 0. The zero-order valence-electron chi connectivity index (χ0n) is 16.4. The molecule has 0 amide bonds. The summed E-state index contributed by atoms with van der Waals surface area (Å²) < 4.78 is 10.8. The zero-order chi connectivity index (χ0) is 17.3. The lowest BCUT2D eigenvalue weighted by molar-refractivity contribution is 0.0625. The Balaban J connectivity index is 0.00000312. The van der Waals surface area contributed by atoms with E-state index in [0.717, 1.165) is 51.2 Å². The number of halogens is 1. The standard InChI is InChI=1S/C19H37N3O2.HI/c1-20-18(22(2)12-6-17-7-13-24-14-8-17)21-16-19(11-15-23-3)9-4-5-10-19;/h17H,4-16H2,1-3H3,(H,20,21);1H. The molecule has 0 spiro atoms. The van der Waals surface area contributed by atoms with Gasteiger partial charge in [0.1, 0.15) is 0 Å². The highest BCUT2D eigenvalue weighted by atomic mass is 127. The van der Waals surface area contributed by atoms with Crippen molar-refractivity contribution < 1.29 is 9.47 Å². The summed E-state index contributed by atoms with van der Waals surface area (Å²) in [6.07, 6.45) is 10.1. The van der Waals surface area contributed by atoms with E-state index in [2.05, 4.69) is 22.3 Å². The second-order valence-corrected chi connectivity index (χ2v) is 7.62. The van der Waals surface area contributed by atoms with E-state index >= 15 is 0 Å². The van der Waals surface area contributed by atoms with E-state index in [9.17, 15) is 0 Å². The van der Waals surface area contributed by atoms with Crippen molar-refractivity contribution in [3.8, 4) is 0 Å². The third-order valence-corrected chi connectivity index (χ3v) is 5.91. The Hall–Kier alpha value is -0.0800. The van der Waals surface area contributed by atoms with Crippen LogP contribution in [0.3, 0.4) is 0 Å². The van der Waals surface area contributed by atoms with Gasteiger partial charge < -0.3 is 19.7 Å². The van der Waals surface area contributed by atoms with Gasteiger partial charge in [-0.05, 0) is 49.9 Å². The summed E-state index contributed by atoms with van der Waals surface area (Å²) in [5.74, 6) is 1.84. The van der Waals surface area contributed by atoms with Crippen LogP contribution >= 0.6 is 24.0 Å². The lowest BCUT2D eigenvalue weighted by Crippen LogP contribution is -2.44. The predicted molar refractivity (Wildman–Crippen MR) is 115 cm³/mol. The summed E-state index contributed by atoms with van der Waals surface area (Å²) in [6.45, 7) is 4.81. The molecule has 1 saturated carbocycles. The summed E-state index contributed by atoms with van der Waals surface area (Å²) in [6, 6.07) is 0. The largest absolute Gasteiger partial charge is 0.385 e. The van der Waals surface area contributed by atoms with Gasteiger partial charge in [-0.2, -0.15) is 0 Å². The Kier molecular flexibility index (Phi) is 11.3. The summed E-state index contributed by atoms with van der Waals surface area (Å²) in [4.78, 5) is 6.79. The molecule has 0 atom stereocenters. The van der Waals surface area contributed by atoms with E-state index in [1.165, 1.54) is 44.9 Å². The molecule has 0 aromatic rings. The number of methoxy groups -OCH3 is 1. The molecule has 1 saturated heterocycles. The maximum Gasteiger partial charge on any atom is 0.193 e. The number of rotatable bonds is 8. The van der Waals surface area contributed by atoms with Gasteiger partial charge in [0, 0.05) is 54.1 Å². The molecule has 0 radical (unpaired) electrons. The van der Waals surface area contributed by atoms with Gasteiger partial charge in [0.25, 0.3) is 0 Å². The van der Waals surface area contributed by atoms with Gasteiger partial charge in [-0.1, -0.05) is 12.8 Å². The third kappa shape index (κ3) is 7.59. The molecule has 1 aliphatic carbocycles. The van der Waals surface area contributed by atoms with Crippen molar-refractivity contribution in [3.05, 3.63) is 0 Å². The van der Waals surface area contributed by atoms with Crippen LogP contribution in [0.4, 0.5) is 0 Å². The number of guanidine groups is 1. The molecular weight excluding hydrogens is 429 g/mol. The molecule has 2 rings (SSSR count). The first-order valence-corrected chi connectivity index (χ1v) is 9.67. The van der Waals surface area contributed by atoms with Crippen molar-refractivity contribution in [2.45, 2.75) is 51.4 Å². The van der Waals surface area contributed by atoms with Gasteiger partial charge in [0.05, 0.1) is 0 Å². The monoisotopic (exact) mass is 467 g/mol. The average molecular weight is 467 g/mol. The predicted octanol–water partition coefficient (Wildman–Crippen LogP) is 3.53. The average Bonchev–Trinajstić information content (AvgIpc) is 3.09. The maximum absolute atomic E-state index is 5.45. The van der Waals surface area contributed by atoms with Crippen molar-refractivity contribution in [1.29, 1.82) is 0 Å². The Labute approximate surface area is 171 Å². The van der Waals surface area contributed by atoms with Crippen LogP contribution < -0.4 is 5.32 Å². The number of nitrogens with zero attached hydrogens (tertiary/aromatic N) is 2. The van der Waals surface area contributed by atoms with Crippen molar-refractivity contribution in [2.75, 3.05) is 54.1 Å². The van der Waals surface area contributed by atoms with Crippen LogP contribution in [-0.4, -0.2) is 65.0 Å². The van der Waals surface area contributed by atoms with Crippen molar-refractivity contribution in [3.63, 3.8) is 0 Å². The van der Waals surface area contributed by atoms with E-state index in [4.69, 9.17) is 9.47 Å². The van der Waals surface area contributed by atoms with E-state index in [0.29, 0.717) is 5.41 Å². The fourth-order valence-electron chi connectivity index (χ4n) is 4.13. The van der Waals surface area contributed by atoms with Gasteiger partial charge in [-0.25, -0.2) is 0 Å². The number of hydrogen-bond donors (Lipinski definition) is 1.